The Morgan fingerprint density at radius 3 is 2.46 bits per heavy atom. The number of allylic oxidation sites excluding steroid dienone is 4. The third kappa shape index (κ3) is 4.52. The molecule has 2 heterocycles. The van der Waals surface area contributed by atoms with Crippen molar-refractivity contribution < 1.29 is 14.7 Å². The smallest absolute Gasteiger partial charge is 0.353 e. The number of nitrogens with zero attached hydrogens (tertiary/aromatic N) is 2. The fourth-order valence-corrected chi connectivity index (χ4v) is 4.82. The molecule has 0 atom stereocenters. The number of rotatable bonds is 8. The maximum atomic E-state index is 12.7. The van der Waals surface area contributed by atoms with E-state index in [1.165, 1.54) is 0 Å². The first kappa shape index (κ1) is 24.4. The number of aryl methyl sites for hydroxylation is 2. The van der Waals surface area contributed by atoms with Crippen molar-refractivity contribution >= 4 is 51.2 Å². The number of carboxylic acid groups (broad SMARTS) is 1. The second-order valence-electron chi connectivity index (χ2n) is 8.36. The van der Waals surface area contributed by atoms with Gasteiger partial charge in [0.15, 0.2) is 6.29 Å². The first-order valence-electron chi connectivity index (χ1n) is 11.7. The SMILES string of the molecule is C/C=C\C=C(/C=O)c1c(C(=O)O)n(Cc2cc3ccccc3nc2Cl)c2cc(CC)c(CC)cc12. The van der Waals surface area contributed by atoms with Crippen molar-refractivity contribution in [2.24, 2.45) is 0 Å². The molecule has 6 heteroatoms. The second-order valence-corrected chi connectivity index (χ2v) is 8.71. The van der Waals surface area contributed by atoms with Crippen LogP contribution in [0.3, 0.4) is 0 Å². The van der Waals surface area contributed by atoms with E-state index in [2.05, 4.69) is 18.8 Å². The zero-order valence-corrected chi connectivity index (χ0v) is 20.8. The van der Waals surface area contributed by atoms with Crippen molar-refractivity contribution in [3.63, 3.8) is 0 Å². The molecule has 0 saturated heterocycles. The number of hydrogen-bond acceptors (Lipinski definition) is 3. The van der Waals surface area contributed by atoms with Crippen molar-refractivity contribution in [2.75, 3.05) is 0 Å². The molecule has 0 fully saturated rings. The number of para-hydroxylation sites is 1. The molecule has 0 aliphatic heterocycles. The summed E-state index contributed by atoms with van der Waals surface area (Å²) >= 11 is 6.56. The highest BCUT2D eigenvalue weighted by atomic mass is 35.5. The van der Waals surface area contributed by atoms with Crippen LogP contribution in [0.2, 0.25) is 5.15 Å². The molecule has 4 rings (SSSR count). The highest BCUT2D eigenvalue weighted by molar-refractivity contribution is 6.30. The Morgan fingerprint density at radius 1 is 1.09 bits per heavy atom. The zero-order chi connectivity index (χ0) is 25.1. The summed E-state index contributed by atoms with van der Waals surface area (Å²) < 4.78 is 1.75. The molecule has 0 unspecified atom stereocenters. The summed E-state index contributed by atoms with van der Waals surface area (Å²) in [7, 11) is 0. The molecule has 0 aliphatic carbocycles. The monoisotopic (exact) mass is 486 g/mol. The Hall–Kier alpha value is -3.70. The molecule has 5 nitrogen and oxygen atoms in total. The van der Waals surface area contributed by atoms with Crippen LogP contribution in [0, 0.1) is 0 Å². The minimum Gasteiger partial charge on any atom is -0.477 e. The van der Waals surface area contributed by atoms with Crippen molar-refractivity contribution in [1.29, 1.82) is 0 Å². The van der Waals surface area contributed by atoms with Crippen molar-refractivity contribution in [1.82, 2.24) is 9.55 Å². The Bertz CT molecular complexity index is 1510. The van der Waals surface area contributed by atoms with Crippen LogP contribution >= 0.6 is 11.6 Å². The van der Waals surface area contributed by atoms with Gasteiger partial charge in [-0.05, 0) is 55.2 Å². The lowest BCUT2D eigenvalue weighted by Gasteiger charge is -2.13. The predicted octanol–water partition coefficient (Wildman–Crippen LogP) is 6.87. The van der Waals surface area contributed by atoms with Gasteiger partial charge in [0.05, 0.1) is 12.1 Å². The van der Waals surface area contributed by atoms with Gasteiger partial charge in [0.2, 0.25) is 0 Å². The Labute approximate surface area is 209 Å². The molecule has 2 aromatic carbocycles. The molecule has 0 amide bonds. The Morgan fingerprint density at radius 2 is 1.80 bits per heavy atom. The summed E-state index contributed by atoms with van der Waals surface area (Å²) in [5, 5.41) is 12.3. The number of carboxylic acids is 1. The molecule has 0 spiro atoms. The van der Waals surface area contributed by atoms with Crippen LogP contribution in [-0.4, -0.2) is 26.9 Å². The molecule has 0 bridgehead atoms. The third-order valence-electron chi connectivity index (χ3n) is 6.31. The van der Waals surface area contributed by atoms with Crippen LogP contribution in [0.1, 0.15) is 53.5 Å². The molecule has 1 N–H and O–H groups in total. The van der Waals surface area contributed by atoms with Gasteiger partial charge in [-0.25, -0.2) is 9.78 Å². The molecule has 4 aromatic rings. The van der Waals surface area contributed by atoms with Gasteiger partial charge in [0.25, 0.3) is 0 Å². The number of halogens is 1. The van der Waals surface area contributed by atoms with Crippen LogP contribution in [-0.2, 0) is 24.2 Å². The highest BCUT2D eigenvalue weighted by Gasteiger charge is 2.26. The number of aromatic carboxylic acids is 1. The van der Waals surface area contributed by atoms with E-state index in [1.807, 2.05) is 49.4 Å². The van der Waals surface area contributed by atoms with E-state index in [0.717, 1.165) is 52.1 Å². The molecule has 2 aromatic heterocycles. The standard InChI is InChI=1S/C29H27ClN2O3/c1-4-7-10-21(17-33)26-23-14-18(5-2)19(6-3)15-25(23)32(27(26)29(34)35)16-22-13-20-11-8-9-12-24(20)31-28(22)30/h4,7-15,17H,5-6,16H2,1-3H3,(H,34,35)/b7-4-,21-10+. The Balaban J connectivity index is 2.07. The number of pyridine rings is 1. The lowest BCUT2D eigenvalue weighted by Crippen LogP contribution is -2.12. The predicted molar refractivity (Wildman–Crippen MR) is 142 cm³/mol. The highest BCUT2D eigenvalue weighted by Crippen LogP contribution is 2.35. The van der Waals surface area contributed by atoms with Gasteiger partial charge in [-0.1, -0.05) is 61.9 Å². The lowest BCUT2D eigenvalue weighted by atomic mass is 9.96. The third-order valence-corrected chi connectivity index (χ3v) is 6.64. The van der Waals surface area contributed by atoms with Crippen LogP contribution in [0.5, 0.6) is 0 Å². The molecule has 0 saturated carbocycles. The molecule has 178 valence electrons. The minimum absolute atomic E-state index is 0.0578. The number of fused-ring (bicyclic) bond motifs is 2. The summed E-state index contributed by atoms with van der Waals surface area (Å²) in [5.74, 6) is -1.11. The van der Waals surface area contributed by atoms with Gasteiger partial charge in [-0.2, -0.15) is 0 Å². The number of aldehydes is 1. The van der Waals surface area contributed by atoms with Crippen molar-refractivity contribution in [3.05, 3.63) is 93.8 Å². The van der Waals surface area contributed by atoms with Gasteiger partial charge < -0.3 is 9.67 Å². The van der Waals surface area contributed by atoms with Gasteiger partial charge in [-0.15, -0.1) is 0 Å². The van der Waals surface area contributed by atoms with E-state index in [4.69, 9.17) is 11.6 Å². The van der Waals surface area contributed by atoms with E-state index in [-0.39, 0.29) is 12.2 Å². The summed E-state index contributed by atoms with van der Waals surface area (Å²) in [4.78, 5) is 29.3. The largest absolute Gasteiger partial charge is 0.477 e. The van der Waals surface area contributed by atoms with Gasteiger partial charge in [-0.3, -0.25) is 4.79 Å². The van der Waals surface area contributed by atoms with Crippen molar-refractivity contribution in [3.8, 4) is 0 Å². The molecule has 35 heavy (non-hydrogen) atoms. The van der Waals surface area contributed by atoms with E-state index < -0.39 is 5.97 Å². The van der Waals surface area contributed by atoms with Gasteiger partial charge >= 0.3 is 5.97 Å². The van der Waals surface area contributed by atoms with Crippen LogP contribution < -0.4 is 0 Å². The number of carbonyl (C=O) groups excluding carboxylic acids is 1. The number of benzene rings is 2. The van der Waals surface area contributed by atoms with E-state index in [9.17, 15) is 14.7 Å². The normalized spacial score (nSPS) is 12.2. The number of hydrogen-bond donors (Lipinski definition) is 1. The minimum atomic E-state index is -1.11. The number of carbonyl (C=O) groups is 2. The zero-order valence-electron chi connectivity index (χ0n) is 20.0. The number of aromatic nitrogens is 2. The summed E-state index contributed by atoms with van der Waals surface area (Å²) in [6, 6.07) is 13.7. The average molecular weight is 487 g/mol. The van der Waals surface area contributed by atoms with Crippen molar-refractivity contribution in [2.45, 2.75) is 40.2 Å². The van der Waals surface area contributed by atoms with Crippen LogP contribution in [0.15, 0.2) is 60.7 Å². The van der Waals surface area contributed by atoms with Gasteiger partial charge in [0.1, 0.15) is 10.8 Å². The second kappa shape index (κ2) is 10.3. The van der Waals surface area contributed by atoms with Crippen LogP contribution in [0.4, 0.5) is 0 Å². The average Bonchev–Trinajstić information content (AvgIpc) is 3.17. The van der Waals surface area contributed by atoms with E-state index >= 15 is 0 Å². The topological polar surface area (TPSA) is 72.2 Å². The quantitative estimate of drug-likeness (QED) is 0.128. The Kier molecular flexibility index (Phi) is 7.17. The van der Waals surface area contributed by atoms with Crippen LogP contribution in [0.25, 0.3) is 27.4 Å². The summed E-state index contributed by atoms with van der Waals surface area (Å²) in [6.45, 7) is 6.21. The van der Waals surface area contributed by atoms with E-state index in [0.29, 0.717) is 21.9 Å². The fraction of sp³-hybridized carbons (Fsp3) is 0.207. The van der Waals surface area contributed by atoms with Gasteiger partial charge in [0, 0.05) is 33.0 Å². The molecular weight excluding hydrogens is 460 g/mol. The summed E-state index contributed by atoms with van der Waals surface area (Å²) in [6.07, 6.45) is 7.54. The fourth-order valence-electron chi connectivity index (χ4n) is 4.62. The first-order valence-corrected chi connectivity index (χ1v) is 12.0. The molecule has 0 aliphatic rings. The first-order chi connectivity index (χ1) is 16.9. The maximum absolute atomic E-state index is 12.7. The lowest BCUT2D eigenvalue weighted by molar-refractivity contribution is -0.103. The molecular formula is C29H27ClN2O3. The molecule has 0 radical (unpaired) electrons. The maximum Gasteiger partial charge on any atom is 0.353 e. The summed E-state index contributed by atoms with van der Waals surface area (Å²) in [5.41, 5.74) is 5.31. The van der Waals surface area contributed by atoms with E-state index in [1.54, 1.807) is 22.8 Å².